The Balaban J connectivity index is 4.92. The lowest BCUT2D eigenvalue weighted by molar-refractivity contribution is -0.141. The third-order valence-electron chi connectivity index (χ3n) is 3.82. The van der Waals surface area contributed by atoms with E-state index in [0.717, 1.165) is 0 Å². The van der Waals surface area contributed by atoms with Crippen LogP contribution in [0.15, 0.2) is 4.99 Å². The fraction of sp³-hybridized carbons (Fsp3) is 0.625. The third-order valence-corrected chi connectivity index (χ3v) is 4.19. The Bertz CT molecular complexity index is 685. The summed E-state index contributed by atoms with van der Waals surface area (Å²) in [5.41, 5.74) is 16.1. The Hall–Kier alpha value is -3.07. The fourth-order valence-electron chi connectivity index (χ4n) is 2.18. The minimum absolute atomic E-state index is 0.0933. The van der Waals surface area contributed by atoms with Crippen molar-refractivity contribution in [3.05, 3.63) is 0 Å². The number of carbonyl (C=O) groups excluding carboxylic acids is 3. The molecule has 0 aromatic carbocycles. The Morgan fingerprint density at radius 1 is 0.968 bits per heavy atom. The van der Waals surface area contributed by atoms with Gasteiger partial charge in [0.1, 0.15) is 12.1 Å². The molecule has 3 amide bonds. The molecule has 0 saturated heterocycles. The quantitative estimate of drug-likeness (QED) is 0.0497. The number of carboxylic acids is 2. The van der Waals surface area contributed by atoms with Gasteiger partial charge in [0, 0.05) is 18.7 Å². The SMILES string of the molecule is NC(N)=NCCCC(NC(=O)C(N)CCC(=O)O)C(=O)NCC(=O)NC(CS)C(=O)O. The second-order valence-corrected chi connectivity index (χ2v) is 6.77. The van der Waals surface area contributed by atoms with E-state index < -0.39 is 54.3 Å². The summed E-state index contributed by atoms with van der Waals surface area (Å²) >= 11 is 3.81. The Morgan fingerprint density at radius 2 is 1.61 bits per heavy atom. The van der Waals surface area contributed by atoms with Crippen LogP contribution in [-0.2, 0) is 24.0 Å². The van der Waals surface area contributed by atoms with E-state index in [-0.39, 0.29) is 37.5 Å². The monoisotopic (exact) mass is 463 g/mol. The van der Waals surface area contributed by atoms with Gasteiger partial charge in [-0.15, -0.1) is 0 Å². The number of carbonyl (C=O) groups is 5. The zero-order chi connectivity index (χ0) is 24.0. The summed E-state index contributed by atoms with van der Waals surface area (Å²) in [4.78, 5) is 61.7. The molecule has 3 unspecified atom stereocenters. The van der Waals surface area contributed by atoms with Gasteiger partial charge >= 0.3 is 11.9 Å². The lowest BCUT2D eigenvalue weighted by atomic mass is 10.1. The molecule has 15 heteroatoms. The number of hydrogen-bond acceptors (Lipinski definition) is 8. The number of thiol groups is 1. The first-order chi connectivity index (χ1) is 14.5. The molecule has 0 bridgehead atoms. The van der Waals surface area contributed by atoms with Gasteiger partial charge in [0.25, 0.3) is 0 Å². The van der Waals surface area contributed by atoms with Crippen molar-refractivity contribution in [1.82, 2.24) is 16.0 Å². The van der Waals surface area contributed by atoms with Crippen LogP contribution in [0.3, 0.4) is 0 Å². The van der Waals surface area contributed by atoms with Crippen molar-refractivity contribution in [3.63, 3.8) is 0 Å². The molecule has 0 radical (unpaired) electrons. The first-order valence-corrected chi connectivity index (χ1v) is 9.85. The van der Waals surface area contributed by atoms with Crippen LogP contribution in [0.5, 0.6) is 0 Å². The van der Waals surface area contributed by atoms with Crippen molar-refractivity contribution in [3.8, 4) is 0 Å². The minimum Gasteiger partial charge on any atom is -0.481 e. The summed E-state index contributed by atoms with van der Waals surface area (Å²) < 4.78 is 0. The predicted molar refractivity (Wildman–Crippen MR) is 113 cm³/mol. The molecule has 0 rings (SSSR count). The van der Waals surface area contributed by atoms with Crippen LogP contribution in [0, 0.1) is 0 Å². The maximum Gasteiger partial charge on any atom is 0.327 e. The number of aliphatic imine (C=N–C) groups is 1. The zero-order valence-corrected chi connectivity index (χ0v) is 17.6. The molecule has 0 spiro atoms. The van der Waals surface area contributed by atoms with Crippen molar-refractivity contribution in [2.75, 3.05) is 18.8 Å². The van der Waals surface area contributed by atoms with E-state index in [1.54, 1.807) is 0 Å². The smallest absolute Gasteiger partial charge is 0.327 e. The van der Waals surface area contributed by atoms with Crippen LogP contribution in [0.25, 0.3) is 0 Å². The molecule has 31 heavy (non-hydrogen) atoms. The number of nitrogens with two attached hydrogens (primary N) is 3. The van der Waals surface area contributed by atoms with E-state index >= 15 is 0 Å². The van der Waals surface area contributed by atoms with E-state index in [1.807, 2.05) is 0 Å². The highest BCUT2D eigenvalue weighted by molar-refractivity contribution is 7.80. The highest BCUT2D eigenvalue weighted by atomic mass is 32.1. The van der Waals surface area contributed by atoms with Crippen LogP contribution < -0.4 is 33.2 Å². The van der Waals surface area contributed by atoms with Gasteiger partial charge in [0.05, 0.1) is 12.6 Å². The second kappa shape index (κ2) is 14.8. The first kappa shape index (κ1) is 27.9. The fourth-order valence-corrected chi connectivity index (χ4v) is 2.43. The van der Waals surface area contributed by atoms with Crippen LogP contribution in [0.4, 0.5) is 0 Å². The van der Waals surface area contributed by atoms with Crippen LogP contribution >= 0.6 is 12.6 Å². The molecule has 0 heterocycles. The van der Waals surface area contributed by atoms with Crippen LogP contribution in [-0.4, -0.2) is 82.8 Å². The highest BCUT2D eigenvalue weighted by Crippen LogP contribution is 2.02. The average Bonchev–Trinajstić information content (AvgIpc) is 2.69. The topological polar surface area (TPSA) is 252 Å². The molecule has 0 aromatic heterocycles. The summed E-state index contributed by atoms with van der Waals surface area (Å²) in [6.07, 6.45) is -0.0677. The molecule has 176 valence electrons. The van der Waals surface area contributed by atoms with Crippen LogP contribution in [0.2, 0.25) is 0 Å². The normalized spacial score (nSPS) is 13.2. The number of nitrogens with zero attached hydrogens (tertiary/aromatic N) is 1. The summed E-state index contributed by atoms with van der Waals surface area (Å²) in [5, 5.41) is 24.4. The lowest BCUT2D eigenvalue weighted by Gasteiger charge is -2.20. The number of guanidine groups is 1. The molecule has 0 aromatic rings. The van der Waals surface area contributed by atoms with E-state index in [2.05, 4.69) is 33.6 Å². The summed E-state index contributed by atoms with van der Waals surface area (Å²) in [5.74, 6) is -4.93. The molecule has 0 aliphatic rings. The van der Waals surface area contributed by atoms with Gasteiger partial charge in [-0.2, -0.15) is 12.6 Å². The van der Waals surface area contributed by atoms with Gasteiger partial charge in [-0.3, -0.25) is 24.2 Å². The molecule has 0 aliphatic carbocycles. The van der Waals surface area contributed by atoms with Gasteiger partial charge in [-0.05, 0) is 19.3 Å². The van der Waals surface area contributed by atoms with Crippen molar-refractivity contribution < 1.29 is 34.2 Å². The number of rotatable bonds is 15. The van der Waals surface area contributed by atoms with Gasteiger partial charge in [0.2, 0.25) is 17.7 Å². The van der Waals surface area contributed by atoms with Crippen LogP contribution in [0.1, 0.15) is 25.7 Å². The second-order valence-electron chi connectivity index (χ2n) is 6.41. The maximum absolute atomic E-state index is 12.4. The van der Waals surface area contributed by atoms with E-state index in [9.17, 15) is 24.0 Å². The number of aliphatic carboxylic acids is 2. The molecule has 0 fully saturated rings. The maximum atomic E-state index is 12.4. The molecule has 0 saturated carbocycles. The van der Waals surface area contributed by atoms with Gasteiger partial charge in [-0.25, -0.2) is 4.79 Å². The summed E-state index contributed by atoms with van der Waals surface area (Å²) in [6, 6.07) is -3.49. The largest absolute Gasteiger partial charge is 0.481 e. The van der Waals surface area contributed by atoms with Crippen molar-refractivity contribution in [2.45, 2.75) is 43.8 Å². The number of nitrogens with one attached hydrogen (secondary N) is 3. The minimum atomic E-state index is -1.28. The average molecular weight is 464 g/mol. The van der Waals surface area contributed by atoms with Crippen molar-refractivity contribution in [2.24, 2.45) is 22.2 Å². The molecule has 0 aliphatic heterocycles. The summed E-state index contributed by atoms with van der Waals surface area (Å²) in [6.45, 7) is -0.364. The number of hydrogen-bond donors (Lipinski definition) is 9. The molecule has 11 N–H and O–H groups in total. The molecular weight excluding hydrogens is 434 g/mol. The zero-order valence-electron chi connectivity index (χ0n) is 16.7. The third kappa shape index (κ3) is 13.0. The molecule has 14 nitrogen and oxygen atoms in total. The Morgan fingerprint density at radius 3 is 2.13 bits per heavy atom. The van der Waals surface area contributed by atoms with E-state index in [0.29, 0.717) is 6.42 Å². The van der Waals surface area contributed by atoms with Crippen molar-refractivity contribution in [1.29, 1.82) is 0 Å². The number of carboxylic acid groups (broad SMARTS) is 2. The van der Waals surface area contributed by atoms with Crippen molar-refractivity contribution >= 4 is 48.2 Å². The Labute approximate surface area is 183 Å². The standard InChI is InChI=1S/C16H29N7O7S/c17-8(3-4-12(25)26)13(27)23-9(2-1-5-20-16(18)19)14(28)21-6-11(24)22-10(7-31)15(29)30/h8-10,31H,1-7,17H2,(H,21,28)(H,22,24)(H,23,27)(H,25,26)(H,29,30)(H4,18,19,20). The lowest BCUT2D eigenvalue weighted by Crippen LogP contribution is -2.53. The predicted octanol–water partition coefficient (Wildman–Crippen LogP) is -3.67. The van der Waals surface area contributed by atoms with Gasteiger partial charge in [0.15, 0.2) is 5.96 Å². The Kier molecular flexibility index (Phi) is 13.4. The summed E-state index contributed by atoms with van der Waals surface area (Å²) in [7, 11) is 0. The van der Waals surface area contributed by atoms with Gasteiger partial charge < -0.3 is 43.4 Å². The first-order valence-electron chi connectivity index (χ1n) is 9.21. The molecule has 3 atom stereocenters. The van der Waals surface area contributed by atoms with E-state index in [4.69, 9.17) is 27.4 Å². The van der Waals surface area contributed by atoms with Gasteiger partial charge in [-0.1, -0.05) is 0 Å². The highest BCUT2D eigenvalue weighted by Gasteiger charge is 2.25. The number of amides is 3. The van der Waals surface area contributed by atoms with E-state index in [1.165, 1.54) is 0 Å². The molecular formula is C16H29N7O7S.